The molecule has 0 aromatic carbocycles. The molecule has 0 aromatic rings. The van der Waals surface area contributed by atoms with Crippen LogP contribution in [0.5, 0.6) is 0 Å². The van der Waals surface area contributed by atoms with Crippen molar-refractivity contribution in [2.75, 3.05) is 19.6 Å². The van der Waals surface area contributed by atoms with Gasteiger partial charge in [0.2, 0.25) is 11.8 Å². The summed E-state index contributed by atoms with van der Waals surface area (Å²) in [6.07, 6.45) is 1.87. The predicted molar refractivity (Wildman–Crippen MR) is 82.6 cm³/mol. The van der Waals surface area contributed by atoms with E-state index >= 15 is 0 Å². The van der Waals surface area contributed by atoms with Gasteiger partial charge in [0.25, 0.3) is 0 Å². The van der Waals surface area contributed by atoms with Crippen LogP contribution in [-0.4, -0.2) is 47.6 Å². The van der Waals surface area contributed by atoms with Crippen molar-refractivity contribution in [3.8, 4) is 0 Å². The van der Waals surface area contributed by atoms with Crippen LogP contribution in [0.4, 0.5) is 0 Å². The van der Waals surface area contributed by atoms with Gasteiger partial charge in [-0.2, -0.15) is 0 Å². The first kappa shape index (κ1) is 18.0. The maximum atomic E-state index is 12.2. The topological polar surface area (TPSA) is 69.6 Å². The first-order chi connectivity index (χ1) is 9.81. The Hall–Kier alpha value is -1.10. The fraction of sp³-hybridized carbons (Fsp3) is 0.875. The number of carbonyl (C=O) groups excluding carboxylic acids is 2. The summed E-state index contributed by atoms with van der Waals surface area (Å²) in [6.45, 7) is 9.40. The molecule has 0 spiro atoms. The molecular formula is C16H30N2O3. The van der Waals surface area contributed by atoms with Gasteiger partial charge in [-0.3, -0.25) is 9.59 Å². The number of hydrogen-bond acceptors (Lipinski definition) is 3. The third-order valence-electron chi connectivity index (χ3n) is 3.85. The number of likely N-dealkylation sites (tertiary alicyclic amines) is 1. The number of aliphatic hydroxyl groups excluding tert-OH is 1. The molecule has 1 heterocycles. The summed E-state index contributed by atoms with van der Waals surface area (Å²) in [5.74, 6) is 0.310. The van der Waals surface area contributed by atoms with Gasteiger partial charge in [0.05, 0.1) is 12.0 Å². The molecule has 0 radical (unpaired) electrons. The molecule has 2 amide bonds. The van der Waals surface area contributed by atoms with Crippen LogP contribution in [0, 0.1) is 17.8 Å². The minimum absolute atomic E-state index is 0.0281. The predicted octanol–water partition coefficient (Wildman–Crippen LogP) is 1.40. The van der Waals surface area contributed by atoms with Gasteiger partial charge in [0.15, 0.2) is 0 Å². The van der Waals surface area contributed by atoms with Gasteiger partial charge >= 0.3 is 0 Å². The largest absolute Gasteiger partial charge is 0.391 e. The number of nitrogens with zero attached hydrogens (tertiary/aromatic N) is 1. The monoisotopic (exact) mass is 298 g/mol. The van der Waals surface area contributed by atoms with E-state index in [-0.39, 0.29) is 23.7 Å². The third kappa shape index (κ3) is 6.04. The lowest BCUT2D eigenvalue weighted by atomic mass is 9.96. The van der Waals surface area contributed by atoms with Crippen LogP contribution in [0.15, 0.2) is 0 Å². The van der Waals surface area contributed by atoms with Crippen molar-refractivity contribution >= 4 is 11.8 Å². The second-order valence-corrected chi connectivity index (χ2v) is 6.81. The Morgan fingerprint density at radius 2 is 1.95 bits per heavy atom. The Morgan fingerprint density at radius 1 is 1.29 bits per heavy atom. The van der Waals surface area contributed by atoms with E-state index in [0.29, 0.717) is 25.4 Å². The van der Waals surface area contributed by atoms with Crippen LogP contribution in [0.25, 0.3) is 0 Å². The van der Waals surface area contributed by atoms with E-state index in [1.165, 1.54) is 0 Å². The fourth-order valence-electron chi connectivity index (χ4n) is 2.75. The van der Waals surface area contributed by atoms with Crippen LogP contribution >= 0.6 is 0 Å². The van der Waals surface area contributed by atoms with E-state index in [0.717, 1.165) is 19.4 Å². The summed E-state index contributed by atoms with van der Waals surface area (Å²) < 4.78 is 0. The minimum atomic E-state index is -0.495. The molecule has 1 rings (SSSR count). The molecule has 1 aliphatic rings. The number of hydrogen-bond donors (Lipinski definition) is 2. The molecule has 0 bridgehead atoms. The molecule has 0 saturated carbocycles. The van der Waals surface area contributed by atoms with Crippen LogP contribution in [-0.2, 0) is 9.59 Å². The van der Waals surface area contributed by atoms with E-state index in [9.17, 15) is 14.7 Å². The van der Waals surface area contributed by atoms with Crippen molar-refractivity contribution < 1.29 is 14.7 Å². The van der Waals surface area contributed by atoms with Crippen molar-refractivity contribution in [3.05, 3.63) is 0 Å². The second-order valence-electron chi connectivity index (χ2n) is 6.81. The first-order valence-corrected chi connectivity index (χ1v) is 8.05. The molecule has 1 aliphatic heterocycles. The number of carbonyl (C=O) groups is 2. The minimum Gasteiger partial charge on any atom is -0.391 e. The van der Waals surface area contributed by atoms with E-state index in [2.05, 4.69) is 5.32 Å². The van der Waals surface area contributed by atoms with Gasteiger partial charge in [-0.25, -0.2) is 0 Å². The molecule has 1 saturated heterocycles. The number of aliphatic hydroxyl groups is 1. The first-order valence-electron chi connectivity index (χ1n) is 8.05. The molecule has 5 nitrogen and oxygen atoms in total. The molecule has 0 aliphatic carbocycles. The van der Waals surface area contributed by atoms with Gasteiger partial charge in [-0.15, -0.1) is 0 Å². The number of amides is 2. The van der Waals surface area contributed by atoms with Crippen LogP contribution in [0.3, 0.4) is 0 Å². The summed E-state index contributed by atoms with van der Waals surface area (Å²) in [7, 11) is 0. The van der Waals surface area contributed by atoms with E-state index in [1.54, 1.807) is 4.90 Å². The van der Waals surface area contributed by atoms with Crippen LogP contribution < -0.4 is 5.32 Å². The van der Waals surface area contributed by atoms with E-state index < -0.39 is 6.10 Å². The second kappa shape index (κ2) is 8.37. The maximum absolute atomic E-state index is 12.2. The summed E-state index contributed by atoms with van der Waals surface area (Å²) in [5, 5.41) is 12.6. The summed E-state index contributed by atoms with van der Waals surface area (Å²) in [4.78, 5) is 26.0. The molecule has 1 fully saturated rings. The van der Waals surface area contributed by atoms with Crippen molar-refractivity contribution in [1.29, 1.82) is 0 Å². The number of rotatable bonds is 6. The Kier molecular flexibility index (Phi) is 7.15. The molecule has 21 heavy (non-hydrogen) atoms. The molecule has 122 valence electrons. The Labute approximate surface area is 128 Å². The maximum Gasteiger partial charge on any atom is 0.225 e. The lowest BCUT2D eigenvalue weighted by Crippen LogP contribution is -2.47. The van der Waals surface area contributed by atoms with E-state index in [1.807, 2.05) is 27.7 Å². The molecule has 5 heteroatoms. The van der Waals surface area contributed by atoms with Crippen LogP contribution in [0.1, 0.15) is 47.0 Å². The van der Waals surface area contributed by atoms with E-state index in [4.69, 9.17) is 0 Å². The lowest BCUT2D eigenvalue weighted by Gasteiger charge is -2.33. The summed E-state index contributed by atoms with van der Waals surface area (Å²) >= 11 is 0. The Balaban J connectivity index is 2.42. The van der Waals surface area contributed by atoms with Gasteiger partial charge in [-0.05, 0) is 25.2 Å². The van der Waals surface area contributed by atoms with Crippen molar-refractivity contribution in [2.45, 2.75) is 53.1 Å². The molecule has 2 unspecified atom stereocenters. The Morgan fingerprint density at radius 3 is 2.52 bits per heavy atom. The van der Waals surface area contributed by atoms with Crippen molar-refractivity contribution in [3.63, 3.8) is 0 Å². The highest BCUT2D eigenvalue weighted by molar-refractivity contribution is 5.82. The van der Waals surface area contributed by atoms with Gasteiger partial charge in [-0.1, -0.05) is 27.7 Å². The van der Waals surface area contributed by atoms with Gasteiger partial charge in [0.1, 0.15) is 0 Å². The number of piperidine rings is 1. The summed E-state index contributed by atoms with van der Waals surface area (Å²) in [5.41, 5.74) is 0. The average molecular weight is 298 g/mol. The SMILES string of the molecule is CC(C)CC(O)CNC(=O)C1CCCN(C(=O)C(C)C)C1. The van der Waals surface area contributed by atoms with Crippen molar-refractivity contribution in [1.82, 2.24) is 10.2 Å². The molecule has 2 atom stereocenters. The quantitative estimate of drug-likeness (QED) is 0.779. The average Bonchev–Trinajstić information content (AvgIpc) is 2.43. The molecule has 2 N–H and O–H groups in total. The van der Waals surface area contributed by atoms with Gasteiger partial charge < -0.3 is 15.3 Å². The van der Waals surface area contributed by atoms with Gasteiger partial charge in [0, 0.05) is 25.6 Å². The summed E-state index contributed by atoms with van der Waals surface area (Å²) in [6, 6.07) is 0. The highest BCUT2D eigenvalue weighted by Gasteiger charge is 2.29. The third-order valence-corrected chi connectivity index (χ3v) is 3.85. The highest BCUT2D eigenvalue weighted by Crippen LogP contribution is 2.18. The van der Waals surface area contributed by atoms with Crippen LogP contribution in [0.2, 0.25) is 0 Å². The Bertz CT molecular complexity index is 355. The molecular weight excluding hydrogens is 268 g/mol. The fourth-order valence-corrected chi connectivity index (χ4v) is 2.75. The zero-order valence-electron chi connectivity index (χ0n) is 13.8. The lowest BCUT2D eigenvalue weighted by molar-refractivity contribution is -0.138. The smallest absolute Gasteiger partial charge is 0.225 e. The van der Waals surface area contributed by atoms with Crippen molar-refractivity contribution in [2.24, 2.45) is 17.8 Å². The normalized spacial score (nSPS) is 20.7. The standard InChI is InChI=1S/C16H30N2O3/c1-11(2)8-14(19)9-17-15(20)13-6-5-7-18(10-13)16(21)12(3)4/h11-14,19H,5-10H2,1-4H3,(H,17,20). The zero-order valence-corrected chi connectivity index (χ0v) is 13.8. The zero-order chi connectivity index (χ0) is 16.0. The number of nitrogens with one attached hydrogen (secondary N) is 1. The molecule has 0 aromatic heterocycles. The highest BCUT2D eigenvalue weighted by atomic mass is 16.3.